The van der Waals surface area contributed by atoms with E-state index < -0.39 is 5.91 Å². The van der Waals surface area contributed by atoms with Crippen molar-refractivity contribution in [3.63, 3.8) is 0 Å². The lowest BCUT2D eigenvalue weighted by atomic mass is 10.1. The van der Waals surface area contributed by atoms with E-state index in [2.05, 4.69) is 27.6 Å². The van der Waals surface area contributed by atoms with Crippen molar-refractivity contribution in [1.29, 1.82) is 0 Å². The second-order valence-corrected chi connectivity index (χ2v) is 7.05. The minimum Gasteiger partial charge on any atom is -0.507 e. The first-order chi connectivity index (χ1) is 13.7. The first-order valence-electron chi connectivity index (χ1n) is 9.61. The van der Waals surface area contributed by atoms with Gasteiger partial charge in [0.15, 0.2) is 0 Å². The molecule has 3 aromatic carbocycles. The second kappa shape index (κ2) is 8.13. The zero-order valence-electron chi connectivity index (χ0n) is 15.6. The van der Waals surface area contributed by atoms with Crippen molar-refractivity contribution in [2.75, 3.05) is 18.0 Å². The standard InChI is InChI=1S/C23H23N3O2/c27-22-15-19-7-3-2-6-18(19)14-21(22)23(28)25-24-16-17-8-10-20(11-9-17)26-12-4-1-5-13-26/h2-3,6-11,14-16,27H,1,4-5,12-13H2,(H,25,28). The Bertz CT molecular complexity index is 1010. The summed E-state index contributed by atoms with van der Waals surface area (Å²) in [5.41, 5.74) is 4.83. The van der Waals surface area contributed by atoms with E-state index in [1.54, 1.807) is 18.3 Å². The van der Waals surface area contributed by atoms with Gasteiger partial charge in [-0.2, -0.15) is 5.10 Å². The molecule has 5 heteroatoms. The van der Waals surface area contributed by atoms with Gasteiger partial charge in [-0.3, -0.25) is 4.79 Å². The Morgan fingerprint density at radius 3 is 2.36 bits per heavy atom. The Morgan fingerprint density at radius 2 is 1.64 bits per heavy atom. The average molecular weight is 373 g/mol. The number of carbonyl (C=O) groups is 1. The summed E-state index contributed by atoms with van der Waals surface area (Å²) in [6.45, 7) is 2.22. The number of phenolic OH excluding ortho intramolecular Hbond substituents is 1. The van der Waals surface area contributed by atoms with E-state index >= 15 is 0 Å². The van der Waals surface area contributed by atoms with Gasteiger partial charge >= 0.3 is 0 Å². The predicted octanol–water partition coefficient (Wildman–Crippen LogP) is 4.30. The van der Waals surface area contributed by atoms with Crippen molar-refractivity contribution < 1.29 is 9.90 Å². The second-order valence-electron chi connectivity index (χ2n) is 7.05. The Kier molecular flexibility index (Phi) is 5.24. The molecule has 3 aromatic rings. The largest absolute Gasteiger partial charge is 0.507 e. The topological polar surface area (TPSA) is 64.9 Å². The molecule has 0 spiro atoms. The summed E-state index contributed by atoms with van der Waals surface area (Å²) < 4.78 is 0. The highest BCUT2D eigenvalue weighted by Crippen LogP contribution is 2.25. The van der Waals surface area contributed by atoms with Crippen LogP contribution in [0.2, 0.25) is 0 Å². The smallest absolute Gasteiger partial charge is 0.275 e. The number of amides is 1. The molecule has 0 bridgehead atoms. The minimum absolute atomic E-state index is 0.0581. The lowest BCUT2D eigenvalue weighted by molar-refractivity contribution is 0.0952. The van der Waals surface area contributed by atoms with Crippen molar-refractivity contribution in [1.82, 2.24) is 5.43 Å². The number of benzene rings is 3. The summed E-state index contributed by atoms with van der Waals surface area (Å²) in [5.74, 6) is -0.498. The van der Waals surface area contributed by atoms with Crippen LogP contribution in [-0.4, -0.2) is 30.3 Å². The third-order valence-electron chi connectivity index (χ3n) is 5.10. The Balaban J connectivity index is 1.41. The number of aromatic hydroxyl groups is 1. The third kappa shape index (κ3) is 3.98. The number of hydrogen-bond acceptors (Lipinski definition) is 4. The Labute approximate surface area is 164 Å². The lowest BCUT2D eigenvalue weighted by Gasteiger charge is -2.28. The normalized spacial score (nSPS) is 14.5. The number of fused-ring (bicyclic) bond motifs is 1. The quantitative estimate of drug-likeness (QED) is 0.529. The molecule has 5 nitrogen and oxygen atoms in total. The van der Waals surface area contributed by atoms with E-state index in [4.69, 9.17) is 0 Å². The van der Waals surface area contributed by atoms with Crippen LogP contribution in [0.1, 0.15) is 35.2 Å². The third-order valence-corrected chi connectivity index (χ3v) is 5.10. The van der Waals surface area contributed by atoms with Crippen molar-refractivity contribution in [2.45, 2.75) is 19.3 Å². The zero-order valence-corrected chi connectivity index (χ0v) is 15.6. The van der Waals surface area contributed by atoms with Gasteiger partial charge < -0.3 is 10.0 Å². The van der Waals surface area contributed by atoms with Gasteiger partial charge in [0.05, 0.1) is 11.8 Å². The van der Waals surface area contributed by atoms with Crippen LogP contribution in [0.4, 0.5) is 5.69 Å². The number of phenols is 1. The van der Waals surface area contributed by atoms with Gasteiger partial charge in [-0.05, 0) is 59.9 Å². The van der Waals surface area contributed by atoms with Crippen LogP contribution >= 0.6 is 0 Å². The molecular weight excluding hydrogens is 350 g/mol. The fourth-order valence-electron chi connectivity index (χ4n) is 3.56. The summed E-state index contributed by atoms with van der Waals surface area (Å²) in [7, 11) is 0. The fraction of sp³-hybridized carbons (Fsp3) is 0.217. The van der Waals surface area contributed by atoms with E-state index in [1.165, 1.54) is 24.9 Å². The number of hydrazone groups is 1. The number of carbonyl (C=O) groups excluding carboxylic acids is 1. The molecule has 4 rings (SSSR count). The molecule has 1 aliphatic heterocycles. The number of nitrogens with zero attached hydrogens (tertiary/aromatic N) is 2. The maximum atomic E-state index is 12.4. The molecule has 0 saturated carbocycles. The molecule has 0 atom stereocenters. The molecule has 28 heavy (non-hydrogen) atoms. The van der Waals surface area contributed by atoms with Crippen LogP contribution in [0.5, 0.6) is 5.75 Å². The number of rotatable bonds is 4. The fourth-order valence-corrected chi connectivity index (χ4v) is 3.56. The Hall–Kier alpha value is -3.34. The highest BCUT2D eigenvalue weighted by atomic mass is 16.3. The number of hydrogen-bond donors (Lipinski definition) is 2. The highest BCUT2D eigenvalue weighted by Gasteiger charge is 2.12. The summed E-state index contributed by atoms with van der Waals surface area (Å²) >= 11 is 0. The van der Waals surface area contributed by atoms with E-state index in [-0.39, 0.29) is 11.3 Å². The van der Waals surface area contributed by atoms with Crippen molar-refractivity contribution in [3.8, 4) is 5.75 Å². The van der Waals surface area contributed by atoms with Gasteiger partial charge in [0.1, 0.15) is 5.75 Å². The molecule has 0 aromatic heterocycles. The molecule has 0 radical (unpaired) electrons. The average Bonchev–Trinajstić information content (AvgIpc) is 2.74. The van der Waals surface area contributed by atoms with E-state index in [0.29, 0.717) is 0 Å². The number of piperidine rings is 1. The Morgan fingerprint density at radius 1 is 0.964 bits per heavy atom. The van der Waals surface area contributed by atoms with Gasteiger partial charge in [-0.15, -0.1) is 0 Å². The molecular formula is C23H23N3O2. The molecule has 0 unspecified atom stereocenters. The molecule has 1 heterocycles. The van der Waals surface area contributed by atoms with Crippen molar-refractivity contribution in [2.24, 2.45) is 5.10 Å². The van der Waals surface area contributed by atoms with Crippen LogP contribution in [0, 0.1) is 0 Å². The molecule has 1 fully saturated rings. The first kappa shape index (κ1) is 18.0. The molecule has 1 amide bonds. The van der Waals surface area contributed by atoms with Crippen molar-refractivity contribution >= 4 is 28.6 Å². The first-order valence-corrected chi connectivity index (χ1v) is 9.61. The SMILES string of the molecule is O=C(NN=Cc1ccc(N2CCCCC2)cc1)c1cc2ccccc2cc1O. The van der Waals surface area contributed by atoms with Gasteiger partial charge in [0.2, 0.25) is 0 Å². The summed E-state index contributed by atoms with van der Waals surface area (Å²) in [6.07, 6.45) is 5.41. The molecule has 0 aliphatic carbocycles. The molecule has 142 valence electrons. The van der Waals surface area contributed by atoms with Gasteiger partial charge in [0, 0.05) is 18.8 Å². The predicted molar refractivity (Wildman–Crippen MR) is 113 cm³/mol. The van der Waals surface area contributed by atoms with Gasteiger partial charge in [-0.25, -0.2) is 5.43 Å². The molecule has 1 saturated heterocycles. The number of anilines is 1. The maximum absolute atomic E-state index is 12.4. The van der Waals surface area contributed by atoms with Gasteiger partial charge in [0.25, 0.3) is 5.91 Å². The monoisotopic (exact) mass is 373 g/mol. The molecule has 2 N–H and O–H groups in total. The van der Waals surface area contributed by atoms with E-state index in [9.17, 15) is 9.90 Å². The van der Waals surface area contributed by atoms with Gasteiger partial charge in [-0.1, -0.05) is 36.4 Å². The minimum atomic E-state index is -0.440. The molecule has 1 aliphatic rings. The summed E-state index contributed by atoms with van der Waals surface area (Å²) in [4.78, 5) is 14.8. The van der Waals surface area contributed by atoms with Crippen LogP contribution in [-0.2, 0) is 0 Å². The summed E-state index contributed by atoms with van der Waals surface area (Å²) in [5, 5.41) is 15.9. The summed E-state index contributed by atoms with van der Waals surface area (Å²) in [6, 6.07) is 19.0. The van der Waals surface area contributed by atoms with Crippen LogP contribution < -0.4 is 10.3 Å². The van der Waals surface area contributed by atoms with E-state index in [0.717, 1.165) is 29.4 Å². The maximum Gasteiger partial charge on any atom is 0.275 e. The zero-order chi connectivity index (χ0) is 19.3. The lowest BCUT2D eigenvalue weighted by Crippen LogP contribution is -2.29. The highest BCUT2D eigenvalue weighted by molar-refractivity contribution is 6.01. The van der Waals surface area contributed by atoms with Crippen LogP contribution in [0.15, 0.2) is 65.8 Å². The van der Waals surface area contributed by atoms with Crippen LogP contribution in [0.25, 0.3) is 10.8 Å². The van der Waals surface area contributed by atoms with E-state index in [1.807, 2.05) is 36.4 Å². The van der Waals surface area contributed by atoms with Crippen molar-refractivity contribution in [3.05, 3.63) is 71.8 Å². The van der Waals surface area contributed by atoms with Crippen LogP contribution in [0.3, 0.4) is 0 Å². The number of nitrogens with one attached hydrogen (secondary N) is 1.